The third-order valence-corrected chi connectivity index (χ3v) is 5.87. The zero-order valence-electron chi connectivity index (χ0n) is 17.1. The van der Waals surface area contributed by atoms with Crippen LogP contribution >= 0.6 is 12.2 Å². The molecule has 2 aromatic carbocycles. The molecule has 0 unspecified atom stereocenters. The molecule has 1 saturated heterocycles. The summed E-state index contributed by atoms with van der Waals surface area (Å²) in [4.78, 5) is 6.76. The van der Waals surface area contributed by atoms with E-state index in [0.717, 1.165) is 28.4 Å². The van der Waals surface area contributed by atoms with Crippen LogP contribution in [0.5, 0.6) is 5.75 Å². The number of rotatable bonds is 5. The first kappa shape index (κ1) is 19.3. The van der Waals surface area contributed by atoms with Crippen molar-refractivity contribution in [2.75, 3.05) is 12.0 Å². The summed E-state index contributed by atoms with van der Waals surface area (Å²) in [5.41, 5.74) is 4.12. The van der Waals surface area contributed by atoms with E-state index in [9.17, 15) is 0 Å². The zero-order valence-corrected chi connectivity index (χ0v) is 17.9. The summed E-state index contributed by atoms with van der Waals surface area (Å²) in [7, 11) is 1.68. The Kier molecular flexibility index (Phi) is 5.14. The van der Waals surface area contributed by atoms with Gasteiger partial charge >= 0.3 is 0 Å². The SMILES string of the molecule is COc1ccccc1N1C(=S)N[C@H](c2ccccn2)[C@H]1c1ccn(-c2ccccc2)c1. The van der Waals surface area contributed by atoms with E-state index >= 15 is 0 Å². The van der Waals surface area contributed by atoms with Crippen molar-refractivity contribution in [2.24, 2.45) is 0 Å². The van der Waals surface area contributed by atoms with E-state index in [2.05, 4.69) is 50.4 Å². The van der Waals surface area contributed by atoms with E-state index in [1.54, 1.807) is 7.11 Å². The molecule has 0 spiro atoms. The fourth-order valence-corrected chi connectivity index (χ4v) is 4.47. The smallest absolute Gasteiger partial charge is 0.174 e. The summed E-state index contributed by atoms with van der Waals surface area (Å²) >= 11 is 5.81. The molecule has 0 radical (unpaired) electrons. The molecule has 31 heavy (non-hydrogen) atoms. The second-order valence-electron chi connectivity index (χ2n) is 7.36. The average molecular weight is 427 g/mol. The largest absolute Gasteiger partial charge is 0.495 e. The topological polar surface area (TPSA) is 42.3 Å². The number of hydrogen-bond acceptors (Lipinski definition) is 3. The lowest BCUT2D eigenvalue weighted by Crippen LogP contribution is -2.29. The molecule has 0 saturated carbocycles. The molecule has 0 bridgehead atoms. The molecule has 1 aliphatic heterocycles. The van der Waals surface area contributed by atoms with Gasteiger partial charge in [-0.1, -0.05) is 36.4 Å². The van der Waals surface area contributed by atoms with Crippen LogP contribution in [0.25, 0.3) is 5.69 Å². The van der Waals surface area contributed by atoms with Crippen LogP contribution in [-0.4, -0.2) is 21.8 Å². The second-order valence-corrected chi connectivity index (χ2v) is 7.74. The first-order chi connectivity index (χ1) is 15.3. The van der Waals surface area contributed by atoms with Crippen molar-refractivity contribution in [1.29, 1.82) is 0 Å². The molecule has 4 aromatic rings. The molecule has 5 nitrogen and oxygen atoms in total. The second kappa shape index (κ2) is 8.24. The third-order valence-electron chi connectivity index (χ3n) is 5.55. The van der Waals surface area contributed by atoms with Crippen LogP contribution < -0.4 is 15.0 Å². The van der Waals surface area contributed by atoms with Crippen LogP contribution in [0.15, 0.2) is 97.5 Å². The monoisotopic (exact) mass is 426 g/mol. The first-order valence-electron chi connectivity index (χ1n) is 10.1. The summed E-state index contributed by atoms with van der Waals surface area (Å²) in [6, 6.07) is 26.2. The van der Waals surface area contributed by atoms with Crippen molar-refractivity contribution in [3.63, 3.8) is 0 Å². The van der Waals surface area contributed by atoms with Gasteiger partial charge in [0.25, 0.3) is 0 Å². The highest BCUT2D eigenvalue weighted by molar-refractivity contribution is 7.80. The average Bonchev–Trinajstić information content (AvgIpc) is 3.45. The molecular weight excluding hydrogens is 404 g/mol. The van der Waals surface area contributed by atoms with E-state index in [4.69, 9.17) is 17.0 Å². The predicted molar refractivity (Wildman–Crippen MR) is 127 cm³/mol. The number of ether oxygens (including phenoxy) is 1. The molecule has 0 amide bonds. The van der Waals surface area contributed by atoms with Gasteiger partial charge in [-0.3, -0.25) is 4.98 Å². The molecule has 3 heterocycles. The van der Waals surface area contributed by atoms with Crippen LogP contribution in [0, 0.1) is 0 Å². The lowest BCUT2D eigenvalue weighted by Gasteiger charge is -2.28. The maximum Gasteiger partial charge on any atom is 0.174 e. The van der Waals surface area contributed by atoms with E-state index in [1.165, 1.54) is 0 Å². The standard InChI is InChI=1S/C25H22N4OS/c1-30-22-13-6-5-12-21(22)29-24(23(27-25(29)31)20-11-7-8-15-26-20)18-14-16-28(17-18)19-9-3-2-4-10-19/h2-17,23-24H,1H3,(H,27,31)/t23-,24-/m1/s1. The minimum atomic E-state index is -0.0924. The maximum atomic E-state index is 5.81. The van der Waals surface area contributed by atoms with Gasteiger partial charge in [0.2, 0.25) is 0 Å². The Morgan fingerprint density at radius 1 is 0.935 bits per heavy atom. The summed E-state index contributed by atoms with van der Waals surface area (Å²) < 4.78 is 7.79. The van der Waals surface area contributed by atoms with Crippen molar-refractivity contribution in [1.82, 2.24) is 14.9 Å². The van der Waals surface area contributed by atoms with Crippen molar-refractivity contribution >= 4 is 23.0 Å². The van der Waals surface area contributed by atoms with Crippen LogP contribution in [0.3, 0.4) is 0 Å². The van der Waals surface area contributed by atoms with Gasteiger partial charge in [0.1, 0.15) is 5.75 Å². The quantitative estimate of drug-likeness (QED) is 0.452. The lowest BCUT2D eigenvalue weighted by molar-refractivity contribution is 0.414. The highest BCUT2D eigenvalue weighted by Crippen LogP contribution is 2.44. The van der Waals surface area contributed by atoms with Gasteiger partial charge in [-0.05, 0) is 60.2 Å². The molecular formula is C25H22N4OS. The van der Waals surface area contributed by atoms with E-state index in [1.807, 2.05) is 66.9 Å². The third kappa shape index (κ3) is 3.55. The number of nitrogens with zero attached hydrogens (tertiary/aromatic N) is 3. The number of hydrogen-bond donors (Lipinski definition) is 1. The molecule has 2 aromatic heterocycles. The Balaban J connectivity index is 1.63. The molecule has 0 aliphatic carbocycles. The summed E-state index contributed by atoms with van der Waals surface area (Å²) in [6.07, 6.45) is 6.06. The Morgan fingerprint density at radius 3 is 2.48 bits per heavy atom. The van der Waals surface area contributed by atoms with E-state index < -0.39 is 0 Å². The molecule has 6 heteroatoms. The Morgan fingerprint density at radius 2 is 1.71 bits per heavy atom. The van der Waals surface area contributed by atoms with E-state index in [0.29, 0.717) is 5.11 Å². The van der Waals surface area contributed by atoms with Gasteiger partial charge in [-0.15, -0.1) is 0 Å². The molecule has 154 valence electrons. The Hall–Kier alpha value is -3.64. The van der Waals surface area contributed by atoms with Gasteiger partial charge in [0.15, 0.2) is 5.11 Å². The number of aromatic nitrogens is 2. The van der Waals surface area contributed by atoms with Crippen molar-refractivity contribution < 1.29 is 4.74 Å². The fourth-order valence-electron chi connectivity index (χ4n) is 4.13. The van der Waals surface area contributed by atoms with E-state index in [-0.39, 0.29) is 12.1 Å². The van der Waals surface area contributed by atoms with Gasteiger partial charge in [0, 0.05) is 24.3 Å². The number of pyridine rings is 1. The molecule has 1 fully saturated rings. The van der Waals surface area contributed by atoms with Crippen LogP contribution in [0.4, 0.5) is 5.69 Å². The molecule has 5 rings (SSSR count). The maximum absolute atomic E-state index is 5.81. The van der Waals surface area contributed by atoms with Crippen molar-refractivity contribution in [2.45, 2.75) is 12.1 Å². The number of para-hydroxylation sites is 3. The number of thiocarbonyl (C=S) groups is 1. The highest BCUT2D eigenvalue weighted by Gasteiger charge is 2.42. The van der Waals surface area contributed by atoms with Gasteiger partial charge in [0.05, 0.1) is 30.6 Å². The molecule has 1 aliphatic rings. The normalized spacial score (nSPS) is 18.1. The first-order valence-corrected chi connectivity index (χ1v) is 10.5. The minimum Gasteiger partial charge on any atom is -0.495 e. The van der Waals surface area contributed by atoms with Crippen LogP contribution in [0.2, 0.25) is 0 Å². The van der Waals surface area contributed by atoms with Crippen LogP contribution in [-0.2, 0) is 0 Å². The van der Waals surface area contributed by atoms with Crippen LogP contribution in [0.1, 0.15) is 23.3 Å². The number of methoxy groups -OCH3 is 1. The zero-order chi connectivity index (χ0) is 21.2. The summed E-state index contributed by atoms with van der Waals surface area (Å²) in [5, 5.41) is 4.15. The Labute approximate surface area is 186 Å². The number of nitrogens with one attached hydrogen (secondary N) is 1. The number of anilines is 1. The summed E-state index contributed by atoms with van der Waals surface area (Å²) in [5.74, 6) is 0.779. The Bertz CT molecular complexity index is 1190. The van der Waals surface area contributed by atoms with Gasteiger partial charge in [-0.2, -0.15) is 0 Å². The molecule has 1 N–H and O–H groups in total. The van der Waals surface area contributed by atoms with Gasteiger partial charge < -0.3 is 19.5 Å². The highest BCUT2D eigenvalue weighted by atomic mass is 32.1. The number of benzene rings is 2. The molecule has 2 atom stereocenters. The summed E-state index contributed by atoms with van der Waals surface area (Å²) in [6.45, 7) is 0. The van der Waals surface area contributed by atoms with Crippen molar-refractivity contribution in [3.05, 3.63) is 109 Å². The predicted octanol–water partition coefficient (Wildman–Crippen LogP) is 5.06. The minimum absolute atomic E-state index is 0.0799. The van der Waals surface area contributed by atoms with Gasteiger partial charge in [-0.25, -0.2) is 0 Å². The fraction of sp³-hybridized carbons (Fsp3) is 0.120. The lowest BCUT2D eigenvalue weighted by atomic mass is 9.98. The van der Waals surface area contributed by atoms with Crippen molar-refractivity contribution in [3.8, 4) is 11.4 Å².